The minimum Gasteiger partial charge on any atom is -0.449 e. The molecule has 0 aromatic carbocycles. The van der Waals surface area contributed by atoms with Crippen LogP contribution >= 0.6 is 23.2 Å². The fourth-order valence-electron chi connectivity index (χ4n) is 1.02. The maximum Gasteiger partial charge on any atom is 0.420 e. The molecule has 0 saturated heterocycles. The lowest BCUT2D eigenvalue weighted by atomic mass is 10.3. The second-order valence-corrected chi connectivity index (χ2v) is 3.73. The molecular formula is C9H12Cl2N2O2. The van der Waals surface area contributed by atoms with Crippen LogP contribution in [0, 0.1) is 0 Å². The van der Waals surface area contributed by atoms with Gasteiger partial charge in [-0.1, -0.05) is 43.0 Å². The first-order valence-electron chi connectivity index (χ1n) is 4.72. The molecule has 0 fully saturated rings. The SMILES string of the molecule is CCCCCOC(=O)n1cnc(Cl)c1Cl. The summed E-state index contributed by atoms with van der Waals surface area (Å²) < 4.78 is 6.04. The van der Waals surface area contributed by atoms with Gasteiger partial charge in [0.25, 0.3) is 0 Å². The Balaban J connectivity index is 2.44. The molecule has 0 aliphatic rings. The minimum absolute atomic E-state index is 0.0807. The van der Waals surface area contributed by atoms with Gasteiger partial charge in [-0.15, -0.1) is 0 Å². The van der Waals surface area contributed by atoms with Crippen molar-refractivity contribution in [3.63, 3.8) is 0 Å². The highest BCUT2D eigenvalue weighted by Gasteiger charge is 2.13. The maximum atomic E-state index is 11.4. The van der Waals surface area contributed by atoms with E-state index in [2.05, 4.69) is 11.9 Å². The van der Waals surface area contributed by atoms with E-state index in [1.807, 2.05) is 0 Å². The van der Waals surface area contributed by atoms with Crippen molar-refractivity contribution in [2.45, 2.75) is 26.2 Å². The first-order chi connectivity index (χ1) is 7.16. The Bertz CT molecular complexity index is 339. The van der Waals surface area contributed by atoms with Crippen LogP contribution in [0.4, 0.5) is 4.79 Å². The summed E-state index contributed by atoms with van der Waals surface area (Å²) in [5, 5.41) is 0.180. The quantitative estimate of drug-likeness (QED) is 0.770. The van der Waals surface area contributed by atoms with Gasteiger partial charge < -0.3 is 4.74 Å². The molecule has 0 aliphatic carbocycles. The van der Waals surface area contributed by atoms with Crippen LogP contribution in [0.3, 0.4) is 0 Å². The van der Waals surface area contributed by atoms with Gasteiger partial charge in [0.05, 0.1) is 6.61 Å². The van der Waals surface area contributed by atoms with Gasteiger partial charge in [0.1, 0.15) is 6.33 Å². The molecule has 1 aromatic heterocycles. The summed E-state index contributed by atoms with van der Waals surface area (Å²) in [5.41, 5.74) is 0. The third kappa shape index (κ3) is 3.39. The van der Waals surface area contributed by atoms with Gasteiger partial charge in [0.15, 0.2) is 10.3 Å². The molecule has 1 rings (SSSR count). The molecule has 0 unspecified atom stereocenters. The van der Waals surface area contributed by atoms with Crippen molar-refractivity contribution in [2.75, 3.05) is 6.61 Å². The number of carbonyl (C=O) groups is 1. The topological polar surface area (TPSA) is 44.1 Å². The van der Waals surface area contributed by atoms with Crippen molar-refractivity contribution in [3.8, 4) is 0 Å². The van der Waals surface area contributed by atoms with Gasteiger partial charge in [-0.05, 0) is 6.42 Å². The predicted octanol–water partition coefficient (Wildman–Crippen LogP) is 3.36. The van der Waals surface area contributed by atoms with E-state index in [0.29, 0.717) is 6.61 Å². The lowest BCUT2D eigenvalue weighted by Gasteiger charge is -2.04. The number of rotatable bonds is 4. The first-order valence-corrected chi connectivity index (χ1v) is 5.48. The van der Waals surface area contributed by atoms with Crippen LogP contribution < -0.4 is 0 Å². The molecular weight excluding hydrogens is 239 g/mol. The standard InChI is InChI=1S/C9H12Cl2N2O2/c1-2-3-4-5-15-9(14)13-6-12-7(10)8(13)11/h6H,2-5H2,1H3. The van der Waals surface area contributed by atoms with Gasteiger partial charge in [0, 0.05) is 0 Å². The molecule has 0 radical (unpaired) electrons. The normalized spacial score (nSPS) is 10.3. The minimum atomic E-state index is -0.546. The van der Waals surface area contributed by atoms with E-state index in [9.17, 15) is 4.79 Å². The summed E-state index contributed by atoms with van der Waals surface area (Å²) in [6.07, 6.45) is 3.66. The molecule has 0 saturated carbocycles. The van der Waals surface area contributed by atoms with Crippen molar-refractivity contribution in [1.29, 1.82) is 0 Å². The molecule has 1 heterocycles. The van der Waals surface area contributed by atoms with E-state index >= 15 is 0 Å². The average Bonchev–Trinajstić information content (AvgIpc) is 2.55. The Morgan fingerprint density at radius 2 is 2.27 bits per heavy atom. The molecule has 0 spiro atoms. The van der Waals surface area contributed by atoms with Crippen LogP contribution in [0.15, 0.2) is 6.33 Å². The van der Waals surface area contributed by atoms with E-state index in [-0.39, 0.29) is 10.3 Å². The van der Waals surface area contributed by atoms with Crippen LogP contribution in [0.25, 0.3) is 0 Å². The molecule has 84 valence electrons. The molecule has 1 aromatic rings. The van der Waals surface area contributed by atoms with Gasteiger partial charge >= 0.3 is 6.09 Å². The highest BCUT2D eigenvalue weighted by atomic mass is 35.5. The largest absolute Gasteiger partial charge is 0.449 e. The van der Waals surface area contributed by atoms with Crippen molar-refractivity contribution >= 4 is 29.3 Å². The zero-order valence-corrected chi connectivity index (χ0v) is 9.88. The maximum absolute atomic E-state index is 11.4. The van der Waals surface area contributed by atoms with E-state index in [1.165, 1.54) is 6.33 Å². The predicted molar refractivity (Wildman–Crippen MR) is 58.5 cm³/mol. The van der Waals surface area contributed by atoms with Crippen LogP contribution in [0.5, 0.6) is 0 Å². The number of ether oxygens (including phenoxy) is 1. The van der Waals surface area contributed by atoms with Crippen LogP contribution in [0.1, 0.15) is 26.2 Å². The second-order valence-electron chi connectivity index (χ2n) is 3.02. The van der Waals surface area contributed by atoms with Gasteiger partial charge in [0.2, 0.25) is 0 Å². The lowest BCUT2D eigenvalue weighted by molar-refractivity contribution is 0.145. The fourth-order valence-corrected chi connectivity index (χ4v) is 1.32. The summed E-state index contributed by atoms with van der Waals surface area (Å²) in [4.78, 5) is 15.1. The Labute approximate surface area is 98.1 Å². The molecule has 15 heavy (non-hydrogen) atoms. The Morgan fingerprint density at radius 3 is 2.80 bits per heavy atom. The Morgan fingerprint density at radius 1 is 1.53 bits per heavy atom. The molecule has 0 N–H and O–H groups in total. The highest BCUT2D eigenvalue weighted by molar-refractivity contribution is 6.41. The summed E-state index contributed by atoms with van der Waals surface area (Å²) in [6, 6.07) is 0. The van der Waals surface area contributed by atoms with Crippen molar-refractivity contribution < 1.29 is 9.53 Å². The van der Waals surface area contributed by atoms with E-state index in [1.54, 1.807) is 0 Å². The number of aromatic nitrogens is 2. The monoisotopic (exact) mass is 250 g/mol. The van der Waals surface area contributed by atoms with Gasteiger partial charge in [-0.2, -0.15) is 0 Å². The summed E-state index contributed by atoms with van der Waals surface area (Å²) >= 11 is 11.3. The molecule has 0 atom stereocenters. The van der Waals surface area contributed by atoms with Crippen LogP contribution in [-0.2, 0) is 4.74 Å². The third-order valence-corrected chi connectivity index (χ3v) is 2.57. The molecule has 0 aliphatic heterocycles. The van der Waals surface area contributed by atoms with Crippen molar-refractivity contribution in [1.82, 2.24) is 9.55 Å². The number of nitrogens with zero attached hydrogens (tertiary/aromatic N) is 2. The first kappa shape index (κ1) is 12.3. The molecule has 0 amide bonds. The second kappa shape index (κ2) is 5.98. The Kier molecular flexibility index (Phi) is 4.91. The summed E-state index contributed by atoms with van der Waals surface area (Å²) in [5.74, 6) is 0. The zero-order chi connectivity index (χ0) is 11.3. The number of imidazole rings is 1. The summed E-state index contributed by atoms with van der Waals surface area (Å²) in [6.45, 7) is 2.47. The smallest absolute Gasteiger partial charge is 0.420 e. The van der Waals surface area contributed by atoms with E-state index in [4.69, 9.17) is 27.9 Å². The van der Waals surface area contributed by atoms with E-state index in [0.717, 1.165) is 23.8 Å². The molecule has 6 heteroatoms. The van der Waals surface area contributed by atoms with Crippen LogP contribution in [0.2, 0.25) is 10.3 Å². The third-order valence-electron chi connectivity index (χ3n) is 1.84. The van der Waals surface area contributed by atoms with Crippen molar-refractivity contribution in [3.05, 3.63) is 16.6 Å². The number of carbonyl (C=O) groups excluding carboxylic acids is 1. The van der Waals surface area contributed by atoms with Gasteiger partial charge in [-0.3, -0.25) is 0 Å². The van der Waals surface area contributed by atoms with E-state index < -0.39 is 6.09 Å². The average molecular weight is 251 g/mol. The summed E-state index contributed by atoms with van der Waals surface area (Å²) in [7, 11) is 0. The fraction of sp³-hybridized carbons (Fsp3) is 0.556. The zero-order valence-electron chi connectivity index (χ0n) is 8.37. The highest BCUT2D eigenvalue weighted by Crippen LogP contribution is 2.19. The molecule has 4 nitrogen and oxygen atoms in total. The van der Waals surface area contributed by atoms with Crippen molar-refractivity contribution in [2.24, 2.45) is 0 Å². The number of hydrogen-bond acceptors (Lipinski definition) is 3. The number of halogens is 2. The Hall–Kier alpha value is -0.740. The number of hydrogen-bond donors (Lipinski definition) is 0. The van der Waals surface area contributed by atoms with Gasteiger partial charge in [-0.25, -0.2) is 14.3 Å². The number of unbranched alkanes of at least 4 members (excludes halogenated alkanes) is 2. The molecule has 0 bridgehead atoms. The lowest BCUT2D eigenvalue weighted by Crippen LogP contribution is -2.13. The van der Waals surface area contributed by atoms with Crippen LogP contribution in [-0.4, -0.2) is 22.3 Å².